The predicted octanol–water partition coefficient (Wildman–Crippen LogP) is 2.34. The maximum absolute atomic E-state index is 11.6. The molecule has 2 nitrogen and oxygen atoms in total. The number of nitrogens with one attached hydrogen (secondary N) is 1. The normalized spacial score (nSPS) is 27.7. The first-order valence-corrected chi connectivity index (χ1v) is 6.30. The van der Waals surface area contributed by atoms with Crippen LogP contribution in [0.2, 0.25) is 0 Å². The molecule has 1 saturated heterocycles. The van der Waals surface area contributed by atoms with Crippen LogP contribution in [-0.2, 0) is 10.2 Å². The lowest BCUT2D eigenvalue weighted by Gasteiger charge is -2.44. The molecule has 2 aliphatic carbocycles. The van der Waals surface area contributed by atoms with Crippen molar-refractivity contribution in [2.45, 2.75) is 11.8 Å². The standard InChI is InChI=1S/C16H13NO/c18-12-5-6-16-7-8-17-15(14(16)10-12)9-11-3-1-2-4-13(11)16/h1-6,9-10,17H,7-8H2. The van der Waals surface area contributed by atoms with Crippen LogP contribution in [0.1, 0.15) is 17.5 Å². The smallest absolute Gasteiger partial charge is 0.178 e. The average molecular weight is 235 g/mol. The van der Waals surface area contributed by atoms with Gasteiger partial charge in [-0.05, 0) is 41.3 Å². The first-order chi connectivity index (χ1) is 8.79. The molecule has 2 bridgehead atoms. The second-order valence-electron chi connectivity index (χ2n) is 5.09. The van der Waals surface area contributed by atoms with E-state index in [0.717, 1.165) is 24.2 Å². The van der Waals surface area contributed by atoms with E-state index in [1.807, 2.05) is 0 Å². The molecule has 0 radical (unpaired) electrons. The third kappa shape index (κ3) is 1.10. The van der Waals surface area contributed by atoms with Crippen LogP contribution >= 0.6 is 0 Å². The summed E-state index contributed by atoms with van der Waals surface area (Å²) in [5.41, 5.74) is 4.75. The highest BCUT2D eigenvalue weighted by Gasteiger charge is 2.43. The summed E-state index contributed by atoms with van der Waals surface area (Å²) in [6, 6.07) is 8.47. The van der Waals surface area contributed by atoms with Gasteiger partial charge in [0.15, 0.2) is 5.78 Å². The molecule has 88 valence electrons. The van der Waals surface area contributed by atoms with Crippen LogP contribution < -0.4 is 5.32 Å². The van der Waals surface area contributed by atoms with Gasteiger partial charge in [-0.3, -0.25) is 4.79 Å². The molecule has 0 aromatic heterocycles. The molecule has 1 fully saturated rings. The summed E-state index contributed by atoms with van der Waals surface area (Å²) in [6.45, 7) is 0.954. The molecule has 1 aliphatic heterocycles. The summed E-state index contributed by atoms with van der Waals surface area (Å²) >= 11 is 0. The average Bonchev–Trinajstić information content (AvgIpc) is 2.39. The fourth-order valence-electron chi connectivity index (χ4n) is 3.34. The number of fused-ring (bicyclic) bond motifs is 1. The van der Waals surface area contributed by atoms with Gasteiger partial charge in [0.05, 0.1) is 0 Å². The highest BCUT2D eigenvalue weighted by molar-refractivity contribution is 6.03. The molecular formula is C16H13NO. The second kappa shape index (κ2) is 3.22. The highest BCUT2D eigenvalue weighted by atomic mass is 16.1. The largest absolute Gasteiger partial charge is 0.385 e. The molecule has 1 aromatic rings. The van der Waals surface area contributed by atoms with E-state index < -0.39 is 0 Å². The molecule has 18 heavy (non-hydrogen) atoms. The van der Waals surface area contributed by atoms with Gasteiger partial charge in [-0.2, -0.15) is 0 Å². The predicted molar refractivity (Wildman–Crippen MR) is 70.9 cm³/mol. The SMILES string of the molecule is O=C1C=CC23CCNC(=Cc4ccccc42)C3=C1. The van der Waals surface area contributed by atoms with Gasteiger partial charge in [0.1, 0.15) is 0 Å². The molecule has 4 rings (SSSR count). The topological polar surface area (TPSA) is 29.1 Å². The molecule has 0 spiro atoms. The van der Waals surface area contributed by atoms with E-state index in [9.17, 15) is 4.79 Å². The van der Waals surface area contributed by atoms with Crippen molar-refractivity contribution in [2.75, 3.05) is 6.54 Å². The van der Waals surface area contributed by atoms with Crippen LogP contribution in [0.15, 0.2) is 53.8 Å². The van der Waals surface area contributed by atoms with Crippen molar-refractivity contribution in [2.24, 2.45) is 0 Å². The fraction of sp³-hybridized carbons (Fsp3) is 0.188. The van der Waals surface area contributed by atoms with Gasteiger partial charge in [-0.1, -0.05) is 30.3 Å². The van der Waals surface area contributed by atoms with Crippen LogP contribution in [-0.4, -0.2) is 12.3 Å². The van der Waals surface area contributed by atoms with Crippen LogP contribution in [0.5, 0.6) is 0 Å². The van der Waals surface area contributed by atoms with Gasteiger partial charge in [-0.15, -0.1) is 0 Å². The summed E-state index contributed by atoms with van der Waals surface area (Å²) < 4.78 is 0. The lowest BCUT2D eigenvalue weighted by atomic mass is 9.62. The minimum Gasteiger partial charge on any atom is -0.385 e. The van der Waals surface area contributed by atoms with Gasteiger partial charge in [0.2, 0.25) is 0 Å². The number of benzene rings is 1. The number of hydrogen-bond acceptors (Lipinski definition) is 2. The third-order valence-electron chi connectivity index (χ3n) is 4.17. The lowest BCUT2D eigenvalue weighted by Crippen LogP contribution is -2.43. The first kappa shape index (κ1) is 9.89. The Morgan fingerprint density at radius 3 is 3.00 bits per heavy atom. The molecule has 1 N–H and O–H groups in total. The molecule has 1 heterocycles. The van der Waals surface area contributed by atoms with E-state index in [1.54, 1.807) is 12.2 Å². The Morgan fingerprint density at radius 1 is 1.17 bits per heavy atom. The van der Waals surface area contributed by atoms with Crippen molar-refractivity contribution in [1.29, 1.82) is 0 Å². The molecule has 2 heteroatoms. The van der Waals surface area contributed by atoms with Crippen molar-refractivity contribution in [1.82, 2.24) is 5.32 Å². The van der Waals surface area contributed by atoms with E-state index >= 15 is 0 Å². The van der Waals surface area contributed by atoms with Gasteiger partial charge in [0.25, 0.3) is 0 Å². The van der Waals surface area contributed by atoms with E-state index in [2.05, 4.69) is 41.7 Å². The molecule has 1 atom stereocenters. The lowest BCUT2D eigenvalue weighted by molar-refractivity contribution is -0.110. The zero-order valence-corrected chi connectivity index (χ0v) is 9.94. The van der Waals surface area contributed by atoms with E-state index in [0.29, 0.717) is 0 Å². The van der Waals surface area contributed by atoms with Crippen molar-refractivity contribution >= 4 is 11.9 Å². The zero-order chi connectivity index (χ0) is 12.2. The van der Waals surface area contributed by atoms with Gasteiger partial charge >= 0.3 is 0 Å². The molecular weight excluding hydrogens is 222 g/mol. The monoisotopic (exact) mass is 235 g/mol. The Kier molecular flexibility index (Phi) is 1.77. The maximum atomic E-state index is 11.6. The Hall–Kier alpha value is -2.09. The Morgan fingerprint density at radius 2 is 2.06 bits per heavy atom. The minimum absolute atomic E-state index is 0.0835. The van der Waals surface area contributed by atoms with E-state index in [4.69, 9.17) is 0 Å². The highest BCUT2D eigenvalue weighted by Crippen LogP contribution is 2.49. The van der Waals surface area contributed by atoms with Crippen molar-refractivity contribution in [3.05, 3.63) is 64.9 Å². The van der Waals surface area contributed by atoms with Gasteiger partial charge < -0.3 is 5.32 Å². The summed E-state index contributed by atoms with van der Waals surface area (Å²) in [6.07, 6.45) is 8.77. The van der Waals surface area contributed by atoms with Crippen molar-refractivity contribution in [3.63, 3.8) is 0 Å². The van der Waals surface area contributed by atoms with E-state index in [1.165, 1.54) is 11.1 Å². The zero-order valence-electron chi connectivity index (χ0n) is 9.94. The number of allylic oxidation sites excluding steroid dienone is 4. The van der Waals surface area contributed by atoms with Gasteiger partial charge in [-0.25, -0.2) is 0 Å². The fourth-order valence-corrected chi connectivity index (χ4v) is 3.34. The summed E-state index contributed by atoms with van der Waals surface area (Å²) in [5, 5.41) is 3.41. The first-order valence-electron chi connectivity index (χ1n) is 6.30. The molecule has 0 saturated carbocycles. The number of ketones is 1. The number of carbonyl (C=O) groups excluding carboxylic acids is 1. The Bertz CT molecular complexity index is 651. The van der Waals surface area contributed by atoms with Crippen LogP contribution in [0, 0.1) is 0 Å². The molecule has 1 aromatic carbocycles. The maximum Gasteiger partial charge on any atom is 0.178 e. The van der Waals surface area contributed by atoms with Crippen LogP contribution in [0.3, 0.4) is 0 Å². The van der Waals surface area contributed by atoms with Crippen molar-refractivity contribution < 1.29 is 4.79 Å². The van der Waals surface area contributed by atoms with E-state index in [-0.39, 0.29) is 11.2 Å². The van der Waals surface area contributed by atoms with Crippen LogP contribution in [0.4, 0.5) is 0 Å². The van der Waals surface area contributed by atoms with Crippen LogP contribution in [0.25, 0.3) is 6.08 Å². The quantitative estimate of drug-likeness (QED) is 0.747. The molecule has 3 aliphatic rings. The Balaban J connectivity index is 2.07. The van der Waals surface area contributed by atoms with Crippen molar-refractivity contribution in [3.8, 4) is 0 Å². The number of hydrogen-bond donors (Lipinski definition) is 1. The molecule has 1 unspecified atom stereocenters. The second-order valence-corrected chi connectivity index (χ2v) is 5.09. The summed E-state index contributed by atoms with van der Waals surface area (Å²) in [7, 11) is 0. The summed E-state index contributed by atoms with van der Waals surface area (Å²) in [4.78, 5) is 11.6. The Labute approximate surface area is 106 Å². The number of carbonyl (C=O) groups is 1. The van der Waals surface area contributed by atoms with Gasteiger partial charge in [0, 0.05) is 17.7 Å². The number of piperidine rings is 1. The third-order valence-corrected chi connectivity index (χ3v) is 4.17. The number of rotatable bonds is 0. The molecule has 0 amide bonds. The minimum atomic E-state index is -0.0835. The summed E-state index contributed by atoms with van der Waals surface area (Å²) in [5.74, 6) is 0.0922.